The van der Waals surface area contributed by atoms with Crippen LogP contribution in [0.2, 0.25) is 0 Å². The molecule has 7 nitrogen and oxygen atoms in total. The Kier molecular flexibility index (Phi) is 3.47. The molecule has 0 atom stereocenters. The number of azide groups is 1. The largest absolute Gasteiger partial charge is 0.351 e. The summed E-state index contributed by atoms with van der Waals surface area (Å²) in [5.74, 6) is -0.124. The molecule has 0 spiro atoms. The van der Waals surface area contributed by atoms with Crippen LogP contribution >= 0.6 is 0 Å². The van der Waals surface area contributed by atoms with Gasteiger partial charge in [0.2, 0.25) is 0 Å². The van der Waals surface area contributed by atoms with Crippen LogP contribution in [0.25, 0.3) is 21.3 Å². The van der Waals surface area contributed by atoms with Crippen LogP contribution in [0, 0.1) is 0 Å². The van der Waals surface area contributed by atoms with E-state index in [0.717, 1.165) is 10.9 Å². The molecule has 0 bridgehead atoms. The van der Waals surface area contributed by atoms with E-state index >= 15 is 0 Å². The van der Waals surface area contributed by atoms with Crippen molar-refractivity contribution in [3.63, 3.8) is 0 Å². The predicted molar refractivity (Wildman–Crippen MR) is 83.9 cm³/mol. The van der Waals surface area contributed by atoms with Crippen molar-refractivity contribution in [3.05, 3.63) is 64.8 Å². The summed E-state index contributed by atoms with van der Waals surface area (Å²) in [6.45, 7) is 0. The smallest absolute Gasteiger partial charge is 0.255 e. The maximum Gasteiger partial charge on any atom is 0.255 e. The van der Waals surface area contributed by atoms with Gasteiger partial charge in [-0.25, -0.2) is 0 Å². The Bertz CT molecular complexity index is 907. The molecule has 0 saturated carbocycles. The van der Waals surface area contributed by atoms with E-state index in [1.165, 1.54) is 12.3 Å². The summed E-state index contributed by atoms with van der Waals surface area (Å²) in [7, 11) is 1.97. The number of carbonyl (C=O) groups excluding carboxylic acids is 1. The molecule has 1 N–H and O–H groups in total. The second-order valence-corrected chi connectivity index (χ2v) is 4.75. The van der Waals surface area contributed by atoms with Gasteiger partial charge in [0.25, 0.3) is 5.91 Å². The average molecular weight is 292 g/mol. The first-order chi connectivity index (χ1) is 10.7. The molecular formula is C15H12N6O. The summed E-state index contributed by atoms with van der Waals surface area (Å²) < 4.78 is 2.01. The molecule has 0 saturated heterocycles. The summed E-state index contributed by atoms with van der Waals surface area (Å²) >= 11 is 0. The molecule has 0 radical (unpaired) electrons. The number of nitrogens with one attached hydrogen (secondary N) is 1. The molecule has 1 aromatic carbocycles. The van der Waals surface area contributed by atoms with E-state index in [2.05, 4.69) is 20.3 Å². The standard InChI is InChI=1S/C15H12N6O/c1-21-7-5-10-8-12(2-3-13(10)21)18-15(22)11-4-6-17-14(9-11)19-20-16/h2-9H,1H3,(H,18,22). The van der Waals surface area contributed by atoms with Crippen LogP contribution in [0.3, 0.4) is 0 Å². The predicted octanol–water partition coefficient (Wildman–Crippen LogP) is 3.77. The number of nitrogens with zero attached hydrogens (tertiary/aromatic N) is 5. The van der Waals surface area contributed by atoms with E-state index < -0.39 is 0 Å². The maximum atomic E-state index is 12.2. The molecule has 2 heterocycles. The number of amides is 1. The quantitative estimate of drug-likeness (QED) is 0.452. The van der Waals surface area contributed by atoms with Gasteiger partial charge in [0.05, 0.1) is 0 Å². The fourth-order valence-electron chi connectivity index (χ4n) is 2.22. The first kappa shape index (κ1) is 13.7. The summed E-state index contributed by atoms with van der Waals surface area (Å²) in [6, 6.07) is 10.7. The van der Waals surface area contributed by atoms with Crippen LogP contribution in [0.5, 0.6) is 0 Å². The molecule has 0 aliphatic carbocycles. The van der Waals surface area contributed by atoms with E-state index in [-0.39, 0.29) is 11.7 Å². The van der Waals surface area contributed by atoms with Gasteiger partial charge >= 0.3 is 0 Å². The molecule has 0 unspecified atom stereocenters. The molecule has 3 aromatic rings. The Morgan fingerprint density at radius 3 is 3.00 bits per heavy atom. The van der Waals surface area contributed by atoms with E-state index in [0.29, 0.717) is 11.3 Å². The Morgan fingerprint density at radius 1 is 1.32 bits per heavy atom. The second-order valence-electron chi connectivity index (χ2n) is 4.75. The number of aryl methyl sites for hydroxylation is 1. The molecule has 0 aliphatic heterocycles. The van der Waals surface area contributed by atoms with E-state index in [4.69, 9.17) is 5.53 Å². The number of hydrogen-bond donors (Lipinski definition) is 1. The van der Waals surface area contributed by atoms with Crippen molar-refractivity contribution in [2.75, 3.05) is 5.32 Å². The molecule has 0 fully saturated rings. The van der Waals surface area contributed by atoms with Crippen LogP contribution in [0.4, 0.5) is 11.5 Å². The number of benzene rings is 1. The molecule has 1 amide bonds. The van der Waals surface area contributed by atoms with E-state index in [9.17, 15) is 4.79 Å². The number of pyridine rings is 1. The van der Waals surface area contributed by atoms with Gasteiger partial charge in [-0.15, -0.1) is 0 Å². The summed E-state index contributed by atoms with van der Waals surface area (Å²) in [5, 5.41) is 7.25. The summed E-state index contributed by atoms with van der Waals surface area (Å²) in [6.07, 6.45) is 3.39. The Labute approximate surface area is 125 Å². The lowest BCUT2D eigenvalue weighted by atomic mass is 10.2. The Hall–Kier alpha value is -3.31. The average Bonchev–Trinajstić information content (AvgIpc) is 2.89. The van der Waals surface area contributed by atoms with Gasteiger partial charge < -0.3 is 9.88 Å². The molecule has 0 aliphatic rings. The lowest BCUT2D eigenvalue weighted by Crippen LogP contribution is -2.11. The highest BCUT2D eigenvalue weighted by molar-refractivity contribution is 6.05. The highest BCUT2D eigenvalue weighted by Gasteiger charge is 2.08. The Morgan fingerprint density at radius 2 is 2.18 bits per heavy atom. The minimum absolute atomic E-state index is 0.161. The molecule has 22 heavy (non-hydrogen) atoms. The Balaban J connectivity index is 1.86. The highest BCUT2D eigenvalue weighted by Crippen LogP contribution is 2.20. The number of fused-ring (bicyclic) bond motifs is 1. The van der Waals surface area contributed by atoms with E-state index in [1.54, 1.807) is 6.07 Å². The van der Waals surface area contributed by atoms with Gasteiger partial charge in [-0.2, -0.15) is 0 Å². The van der Waals surface area contributed by atoms with Gasteiger partial charge in [-0.05, 0) is 47.0 Å². The summed E-state index contributed by atoms with van der Waals surface area (Å²) in [5.41, 5.74) is 10.6. The fourth-order valence-corrected chi connectivity index (χ4v) is 2.22. The zero-order valence-corrected chi connectivity index (χ0v) is 11.8. The van der Waals surface area contributed by atoms with Gasteiger partial charge in [-0.1, -0.05) is 0 Å². The van der Waals surface area contributed by atoms with Crippen molar-refractivity contribution in [1.82, 2.24) is 9.55 Å². The third-order valence-corrected chi connectivity index (χ3v) is 3.30. The van der Waals surface area contributed by atoms with Crippen molar-refractivity contribution in [1.29, 1.82) is 0 Å². The van der Waals surface area contributed by atoms with Crippen molar-refractivity contribution in [3.8, 4) is 0 Å². The fraction of sp³-hybridized carbons (Fsp3) is 0.0667. The number of rotatable bonds is 3. The molecule has 2 aromatic heterocycles. The van der Waals surface area contributed by atoms with Crippen molar-refractivity contribution in [2.24, 2.45) is 12.2 Å². The van der Waals surface area contributed by atoms with Gasteiger partial charge in [0, 0.05) is 46.5 Å². The van der Waals surface area contributed by atoms with Crippen molar-refractivity contribution >= 4 is 28.3 Å². The SMILES string of the molecule is Cn1ccc2cc(NC(=O)c3ccnc(N=[N+]=[N-])c3)ccc21. The zero-order chi connectivity index (χ0) is 15.5. The first-order valence-electron chi connectivity index (χ1n) is 6.55. The van der Waals surface area contributed by atoms with Gasteiger partial charge in [-0.3, -0.25) is 9.78 Å². The maximum absolute atomic E-state index is 12.2. The minimum atomic E-state index is -0.285. The van der Waals surface area contributed by atoms with Crippen molar-refractivity contribution in [2.45, 2.75) is 0 Å². The number of carbonyl (C=O) groups is 1. The molecule has 7 heteroatoms. The number of hydrogen-bond acceptors (Lipinski definition) is 3. The lowest BCUT2D eigenvalue weighted by molar-refractivity contribution is 0.102. The first-order valence-corrected chi connectivity index (χ1v) is 6.55. The van der Waals surface area contributed by atoms with Gasteiger partial charge in [0.1, 0.15) is 5.82 Å². The zero-order valence-electron chi connectivity index (χ0n) is 11.8. The third kappa shape index (κ3) is 2.61. The van der Waals surface area contributed by atoms with Crippen LogP contribution in [-0.4, -0.2) is 15.5 Å². The molecule has 108 valence electrons. The molecule has 3 rings (SSSR count). The topological polar surface area (TPSA) is 95.7 Å². The number of anilines is 1. The van der Waals surface area contributed by atoms with Crippen LogP contribution in [-0.2, 0) is 7.05 Å². The summed E-state index contributed by atoms with van der Waals surface area (Å²) in [4.78, 5) is 18.7. The van der Waals surface area contributed by atoms with Crippen molar-refractivity contribution < 1.29 is 4.79 Å². The van der Waals surface area contributed by atoms with Crippen LogP contribution in [0.15, 0.2) is 53.9 Å². The highest BCUT2D eigenvalue weighted by atomic mass is 16.1. The minimum Gasteiger partial charge on any atom is -0.351 e. The van der Waals surface area contributed by atoms with Crippen LogP contribution < -0.4 is 5.32 Å². The van der Waals surface area contributed by atoms with Crippen LogP contribution in [0.1, 0.15) is 10.4 Å². The number of aromatic nitrogens is 2. The normalized spacial score (nSPS) is 10.2. The lowest BCUT2D eigenvalue weighted by Gasteiger charge is -2.06. The molecular weight excluding hydrogens is 280 g/mol. The monoisotopic (exact) mass is 292 g/mol. The second kappa shape index (κ2) is 5.59. The third-order valence-electron chi connectivity index (χ3n) is 3.30. The van der Waals surface area contributed by atoms with E-state index in [1.807, 2.05) is 42.1 Å². The van der Waals surface area contributed by atoms with Gasteiger partial charge in [0.15, 0.2) is 0 Å².